The molecule has 3 aromatic rings. The van der Waals surface area contributed by atoms with Crippen molar-refractivity contribution in [2.45, 2.75) is 32.5 Å². The summed E-state index contributed by atoms with van der Waals surface area (Å²) in [6.45, 7) is 6.21. The number of rotatable bonds is 11. The normalized spacial score (nSPS) is 14.1. The third-order valence-electron chi connectivity index (χ3n) is 5.41. The highest BCUT2D eigenvalue weighted by molar-refractivity contribution is 8.21. The summed E-state index contributed by atoms with van der Waals surface area (Å²) in [6.07, 6.45) is -2.14. The van der Waals surface area contributed by atoms with E-state index in [1.807, 2.05) is 112 Å². The quantitative estimate of drug-likeness (QED) is 0.329. The van der Waals surface area contributed by atoms with Crippen molar-refractivity contribution < 1.29 is 13.6 Å². The Hall–Kier alpha value is -1.58. The molecule has 0 heterocycles. The highest BCUT2D eigenvalue weighted by Crippen LogP contribution is 2.67. The second kappa shape index (κ2) is 11.0. The van der Waals surface area contributed by atoms with Crippen LogP contribution in [0.2, 0.25) is 0 Å². The zero-order chi connectivity index (χ0) is 23.1. The number of hydrogen-bond acceptors (Lipinski definition) is 4. The maximum atomic E-state index is 14.5. The van der Waals surface area contributed by atoms with E-state index >= 15 is 0 Å². The molecule has 0 aliphatic heterocycles. The van der Waals surface area contributed by atoms with Crippen molar-refractivity contribution in [1.82, 2.24) is 5.09 Å². The first-order valence-corrected chi connectivity index (χ1v) is 15.3. The van der Waals surface area contributed by atoms with Gasteiger partial charge in [0.05, 0.1) is 19.4 Å². The fourth-order valence-electron chi connectivity index (χ4n) is 3.89. The van der Waals surface area contributed by atoms with E-state index < -0.39 is 19.1 Å². The molecule has 7 heteroatoms. The maximum absolute atomic E-state index is 14.5. The van der Waals surface area contributed by atoms with Crippen LogP contribution in [0.25, 0.3) is 0 Å². The summed E-state index contributed by atoms with van der Waals surface area (Å²) in [7, 11) is -3.67. The van der Waals surface area contributed by atoms with E-state index in [9.17, 15) is 4.57 Å². The molecular formula is C25H31NO3P2S. The standard InChI is InChI=1S/C25H31NO3P2S/c1-4-25(22-16-10-7-11-17-22,31(27,28-5-2)29-6-3)26-30(32,23-18-12-8-13-19-23)24-20-14-9-15-21-24/h7-21H,4-6H2,1-3H3,(H,26,32)/t25-/m1/s1. The highest BCUT2D eigenvalue weighted by Gasteiger charge is 2.53. The van der Waals surface area contributed by atoms with Gasteiger partial charge in [0.15, 0.2) is 5.28 Å². The first-order valence-electron chi connectivity index (χ1n) is 10.9. The lowest BCUT2D eigenvalue weighted by atomic mass is 10.1. The predicted octanol–water partition coefficient (Wildman–Crippen LogP) is 6.15. The molecule has 0 bridgehead atoms. The Labute approximate surface area is 197 Å². The number of nitrogens with one attached hydrogen (secondary N) is 1. The fourth-order valence-corrected chi connectivity index (χ4v) is 10.8. The minimum absolute atomic E-state index is 0.271. The van der Waals surface area contributed by atoms with E-state index in [0.717, 1.165) is 16.2 Å². The first-order chi connectivity index (χ1) is 15.5. The molecule has 32 heavy (non-hydrogen) atoms. The molecule has 0 amide bonds. The van der Waals surface area contributed by atoms with Crippen molar-refractivity contribution in [3.05, 3.63) is 96.6 Å². The van der Waals surface area contributed by atoms with Gasteiger partial charge < -0.3 is 9.05 Å². The van der Waals surface area contributed by atoms with E-state index in [0.29, 0.717) is 6.42 Å². The van der Waals surface area contributed by atoms with Crippen molar-refractivity contribution in [2.24, 2.45) is 0 Å². The molecule has 0 aromatic heterocycles. The molecule has 0 aliphatic carbocycles. The largest absolute Gasteiger partial charge is 0.355 e. The van der Waals surface area contributed by atoms with Crippen molar-refractivity contribution >= 4 is 36.2 Å². The Kier molecular flexibility index (Phi) is 8.63. The highest BCUT2D eigenvalue weighted by atomic mass is 32.4. The van der Waals surface area contributed by atoms with E-state index in [1.165, 1.54) is 0 Å². The summed E-state index contributed by atoms with van der Waals surface area (Å²) in [5.41, 5.74) is 0.842. The summed E-state index contributed by atoms with van der Waals surface area (Å²) < 4.78 is 26.4. The second-order valence-corrected chi connectivity index (χ2v) is 13.7. The predicted molar refractivity (Wildman–Crippen MR) is 139 cm³/mol. The molecule has 0 unspecified atom stereocenters. The Morgan fingerprint density at radius 2 is 1.16 bits per heavy atom. The van der Waals surface area contributed by atoms with E-state index in [2.05, 4.69) is 5.09 Å². The summed E-state index contributed by atoms with van der Waals surface area (Å²) >= 11 is 6.45. The van der Waals surface area contributed by atoms with E-state index in [4.69, 9.17) is 20.9 Å². The smallest absolute Gasteiger partial charge is 0.307 e. The average molecular weight is 488 g/mol. The van der Waals surface area contributed by atoms with Crippen molar-refractivity contribution in [2.75, 3.05) is 13.2 Å². The van der Waals surface area contributed by atoms with Crippen LogP contribution in [0.3, 0.4) is 0 Å². The molecule has 0 saturated carbocycles. The van der Waals surface area contributed by atoms with Crippen LogP contribution in [0.5, 0.6) is 0 Å². The molecule has 1 atom stereocenters. The van der Waals surface area contributed by atoms with Crippen LogP contribution in [-0.2, 0) is 30.7 Å². The first kappa shape index (κ1) is 25.1. The second-order valence-electron chi connectivity index (χ2n) is 7.31. The molecule has 4 nitrogen and oxygen atoms in total. The third-order valence-corrected chi connectivity index (χ3v) is 12.7. The van der Waals surface area contributed by atoms with Gasteiger partial charge in [0.2, 0.25) is 0 Å². The molecule has 170 valence electrons. The summed E-state index contributed by atoms with van der Waals surface area (Å²) in [4.78, 5) is 0. The average Bonchev–Trinajstić information content (AvgIpc) is 2.84. The monoisotopic (exact) mass is 487 g/mol. The molecule has 3 aromatic carbocycles. The Morgan fingerprint density at radius 3 is 1.53 bits per heavy atom. The lowest BCUT2D eigenvalue weighted by molar-refractivity contribution is 0.190. The zero-order valence-electron chi connectivity index (χ0n) is 18.8. The van der Waals surface area contributed by atoms with Gasteiger partial charge in [-0.1, -0.05) is 110 Å². The zero-order valence-corrected chi connectivity index (χ0v) is 21.4. The van der Waals surface area contributed by atoms with Crippen LogP contribution in [0.4, 0.5) is 0 Å². The van der Waals surface area contributed by atoms with Gasteiger partial charge in [-0.15, -0.1) is 0 Å². The van der Waals surface area contributed by atoms with Gasteiger partial charge in [0.1, 0.15) is 0 Å². The summed E-state index contributed by atoms with van der Waals surface area (Å²) in [5.74, 6) is 0. The van der Waals surface area contributed by atoms with Gasteiger partial charge in [-0.25, -0.2) is 0 Å². The molecule has 3 rings (SSSR count). The van der Waals surface area contributed by atoms with Crippen LogP contribution in [0, 0.1) is 0 Å². The van der Waals surface area contributed by atoms with Gasteiger partial charge in [0, 0.05) is 10.6 Å². The van der Waals surface area contributed by atoms with Crippen molar-refractivity contribution in [1.29, 1.82) is 0 Å². The molecule has 0 aliphatic rings. The minimum Gasteiger partial charge on any atom is -0.307 e. The molecular weight excluding hydrogens is 456 g/mol. The Morgan fingerprint density at radius 1 is 0.750 bits per heavy atom. The number of hydrogen-bond donors (Lipinski definition) is 1. The topological polar surface area (TPSA) is 47.6 Å². The SMILES string of the molecule is CCOP(=O)(OCC)[C@@](CC)(NP(=S)(c1ccccc1)c1ccccc1)c1ccccc1. The van der Waals surface area contributed by atoms with Crippen molar-refractivity contribution in [3.63, 3.8) is 0 Å². The maximum Gasteiger partial charge on any atom is 0.355 e. The minimum atomic E-state index is -3.67. The van der Waals surface area contributed by atoms with Crippen LogP contribution < -0.4 is 15.7 Å². The fraction of sp³-hybridized carbons (Fsp3) is 0.280. The Bertz CT molecular complexity index is 1030. The third kappa shape index (κ3) is 4.84. The molecule has 0 fully saturated rings. The van der Waals surface area contributed by atoms with Gasteiger partial charge in [-0.3, -0.25) is 9.65 Å². The molecule has 0 spiro atoms. The van der Waals surface area contributed by atoms with E-state index in [1.54, 1.807) is 0 Å². The summed E-state index contributed by atoms with van der Waals surface area (Å²) in [5, 5.41) is 4.65. The molecule has 0 saturated heterocycles. The van der Waals surface area contributed by atoms with E-state index in [-0.39, 0.29) is 13.2 Å². The molecule has 1 N–H and O–H groups in total. The van der Waals surface area contributed by atoms with Crippen LogP contribution in [0.15, 0.2) is 91.0 Å². The lowest BCUT2D eigenvalue weighted by Gasteiger charge is -2.43. The van der Waals surface area contributed by atoms with Gasteiger partial charge in [0.25, 0.3) is 0 Å². The van der Waals surface area contributed by atoms with Gasteiger partial charge in [-0.2, -0.15) is 0 Å². The lowest BCUT2D eigenvalue weighted by Crippen LogP contribution is -2.45. The molecule has 0 radical (unpaired) electrons. The van der Waals surface area contributed by atoms with Crippen LogP contribution in [0.1, 0.15) is 32.8 Å². The van der Waals surface area contributed by atoms with Crippen molar-refractivity contribution in [3.8, 4) is 0 Å². The number of benzene rings is 3. The van der Waals surface area contributed by atoms with Gasteiger partial charge in [-0.05, 0) is 25.8 Å². The summed E-state index contributed by atoms with van der Waals surface area (Å²) in [6, 6.07) is 29.8. The van der Waals surface area contributed by atoms with Gasteiger partial charge >= 0.3 is 7.60 Å². The Balaban J connectivity index is 2.31. The van der Waals surface area contributed by atoms with Crippen LogP contribution in [-0.4, -0.2) is 13.2 Å². The van der Waals surface area contributed by atoms with Crippen LogP contribution >= 0.6 is 13.8 Å².